The van der Waals surface area contributed by atoms with E-state index in [1.165, 1.54) is 0 Å². The predicted molar refractivity (Wildman–Crippen MR) is 46.1 cm³/mol. The second-order valence-corrected chi connectivity index (χ2v) is 4.78. The smallest absolute Gasteiger partial charge is 0.415 e. The number of rotatable bonds is 7. The van der Waals surface area contributed by atoms with Gasteiger partial charge in [-0.15, -0.1) is 0 Å². The maximum Gasteiger partial charge on any atom is 1.00 e. The Bertz CT molecular complexity index is 571. The van der Waals surface area contributed by atoms with E-state index in [-0.39, 0.29) is 51.4 Å². The second kappa shape index (κ2) is 8.02. The number of hydrogen-bond donors (Lipinski definition) is 0. The van der Waals surface area contributed by atoms with Gasteiger partial charge < -0.3 is 8.78 Å². The van der Waals surface area contributed by atoms with Crippen molar-refractivity contribution < 1.29 is 135 Å². The summed E-state index contributed by atoms with van der Waals surface area (Å²) < 4.78 is 236. The van der Waals surface area contributed by atoms with Crippen LogP contribution in [0.4, 0.5) is 83.4 Å². The molecule has 0 bridgehead atoms. The van der Waals surface area contributed by atoms with Crippen molar-refractivity contribution in [3.05, 3.63) is 6.43 Å². The summed E-state index contributed by atoms with van der Waals surface area (Å²) in [5, 5.41) is 0. The zero-order chi connectivity index (χ0) is 23.6. The van der Waals surface area contributed by atoms with Gasteiger partial charge in [0.05, 0.1) is 6.43 Å². The SMILES string of the molecule is F[C-](F)C(F)(F)C(F)(F)C(F)(F)C(F)(F)C(F)(F)C(F)(F)C(F)(F)C(F)(F)F.[K+]. The quantitative estimate of drug-likeness (QED) is 0.281. The van der Waals surface area contributed by atoms with Gasteiger partial charge in [0.1, 0.15) is 0 Å². The van der Waals surface area contributed by atoms with Crippen LogP contribution in [0.5, 0.6) is 0 Å². The Morgan fingerprint density at radius 2 is 0.552 bits per heavy atom. The van der Waals surface area contributed by atoms with Crippen molar-refractivity contribution in [1.82, 2.24) is 0 Å². The van der Waals surface area contributed by atoms with E-state index in [1.807, 2.05) is 0 Å². The molecule has 0 aliphatic carbocycles. The third-order valence-electron chi connectivity index (χ3n) is 2.96. The van der Waals surface area contributed by atoms with Crippen molar-refractivity contribution in [2.45, 2.75) is 47.6 Å². The van der Waals surface area contributed by atoms with E-state index in [1.54, 1.807) is 0 Å². The molecule has 0 aliphatic heterocycles. The van der Waals surface area contributed by atoms with Gasteiger partial charge in [0.2, 0.25) is 0 Å². The molecule has 29 heavy (non-hydrogen) atoms. The van der Waals surface area contributed by atoms with Crippen LogP contribution in [0.15, 0.2) is 0 Å². The molecule has 0 amide bonds. The third-order valence-corrected chi connectivity index (χ3v) is 2.96. The average Bonchev–Trinajstić information content (AvgIpc) is 2.44. The van der Waals surface area contributed by atoms with Crippen molar-refractivity contribution in [3.8, 4) is 0 Å². The maximum atomic E-state index is 12.9. The van der Waals surface area contributed by atoms with Crippen LogP contribution in [0, 0.1) is 6.43 Å². The topological polar surface area (TPSA) is 0 Å². The number of hydrogen-bond acceptors (Lipinski definition) is 0. The Balaban J connectivity index is 0. The molecule has 0 fully saturated rings. The summed E-state index contributed by atoms with van der Waals surface area (Å²) in [5.41, 5.74) is 0. The van der Waals surface area contributed by atoms with E-state index in [0.717, 1.165) is 0 Å². The number of alkyl halides is 17. The van der Waals surface area contributed by atoms with Gasteiger partial charge in [-0.05, 0) is 0 Å². The molecule has 0 aromatic rings. The van der Waals surface area contributed by atoms with E-state index in [0.29, 0.717) is 0 Å². The molecule has 0 aliphatic rings. The Morgan fingerprint density at radius 3 is 0.759 bits per heavy atom. The fourth-order valence-corrected chi connectivity index (χ4v) is 1.28. The molecule has 0 rings (SSSR count). The van der Waals surface area contributed by atoms with Gasteiger partial charge in [0.25, 0.3) is 5.92 Å². The van der Waals surface area contributed by atoms with E-state index >= 15 is 0 Å². The molecule has 0 saturated carbocycles. The normalized spacial score (nSPS) is 16.1. The van der Waals surface area contributed by atoms with Gasteiger partial charge in [-0.1, -0.05) is 0 Å². The van der Waals surface area contributed by atoms with Crippen LogP contribution in [0.25, 0.3) is 0 Å². The summed E-state index contributed by atoms with van der Waals surface area (Å²) in [6.07, 6.45) is -13.0. The van der Waals surface area contributed by atoms with E-state index < -0.39 is 54.1 Å². The van der Waals surface area contributed by atoms with Gasteiger partial charge in [-0.25, -0.2) is 8.78 Å². The summed E-state index contributed by atoms with van der Waals surface area (Å²) >= 11 is 0. The molecule has 0 aromatic carbocycles. The van der Waals surface area contributed by atoms with Crippen LogP contribution in [-0.4, -0.2) is 47.6 Å². The summed E-state index contributed by atoms with van der Waals surface area (Å²) in [4.78, 5) is 0. The van der Waals surface area contributed by atoms with Crippen LogP contribution in [-0.2, 0) is 0 Å². The van der Waals surface area contributed by atoms with Gasteiger partial charge in [0, 0.05) is 0 Å². The van der Waals surface area contributed by atoms with Crippen LogP contribution < -0.4 is 51.4 Å². The maximum absolute atomic E-state index is 12.9. The van der Waals surface area contributed by atoms with E-state index in [4.69, 9.17) is 0 Å². The van der Waals surface area contributed by atoms with Crippen LogP contribution in [0.1, 0.15) is 0 Å². The summed E-state index contributed by atoms with van der Waals surface area (Å²) in [7, 11) is 0. The molecule has 0 heterocycles. The zero-order valence-corrected chi connectivity index (χ0v) is 15.8. The van der Waals surface area contributed by atoms with Gasteiger partial charge in [-0.3, -0.25) is 0 Å². The van der Waals surface area contributed by atoms with E-state index in [9.17, 15) is 83.4 Å². The van der Waals surface area contributed by atoms with Crippen molar-refractivity contribution in [1.29, 1.82) is 0 Å². The van der Waals surface area contributed by atoms with Crippen molar-refractivity contribution in [2.75, 3.05) is 0 Å². The molecule has 0 radical (unpaired) electrons. The first-order chi connectivity index (χ1) is 11.7. The first kappa shape index (κ1) is 31.5. The molecule has 170 valence electrons. The second-order valence-electron chi connectivity index (χ2n) is 4.78. The zero-order valence-electron chi connectivity index (χ0n) is 12.7. The Labute approximate surface area is 188 Å². The molecule has 0 spiro atoms. The first-order valence-corrected chi connectivity index (χ1v) is 5.59. The first-order valence-electron chi connectivity index (χ1n) is 5.59. The summed E-state index contributed by atoms with van der Waals surface area (Å²) in [6.45, 7) is 0. The average molecular weight is 508 g/mol. The standard InChI is InChI=1S/C9F19.K/c10-1(11)2(12,13)3(14,15)4(16,17)5(18,19)6(20,21)7(22,23)8(24,25)9(26,27)28;/q-1;+1. The Kier molecular flexibility index (Phi) is 8.71. The Morgan fingerprint density at radius 1 is 0.345 bits per heavy atom. The van der Waals surface area contributed by atoms with Gasteiger partial charge in [0.15, 0.2) is 0 Å². The minimum absolute atomic E-state index is 0. The minimum atomic E-state index is -8.85. The van der Waals surface area contributed by atoms with Crippen molar-refractivity contribution in [2.24, 2.45) is 0 Å². The van der Waals surface area contributed by atoms with Crippen LogP contribution in [0.3, 0.4) is 0 Å². The molecule has 0 unspecified atom stereocenters. The van der Waals surface area contributed by atoms with Crippen LogP contribution >= 0.6 is 0 Å². The minimum Gasteiger partial charge on any atom is -0.415 e. The molecular formula is C9F19K. The van der Waals surface area contributed by atoms with E-state index in [2.05, 4.69) is 0 Å². The van der Waals surface area contributed by atoms with Crippen LogP contribution in [0.2, 0.25) is 0 Å². The summed E-state index contributed by atoms with van der Waals surface area (Å²) in [5.74, 6) is -59.4. The van der Waals surface area contributed by atoms with Gasteiger partial charge in [-0.2, -0.15) is 65.9 Å². The monoisotopic (exact) mass is 508 g/mol. The fraction of sp³-hybridized carbons (Fsp3) is 0.889. The fourth-order valence-electron chi connectivity index (χ4n) is 1.28. The molecule has 0 aromatic heterocycles. The molecule has 0 atom stereocenters. The van der Waals surface area contributed by atoms with Crippen molar-refractivity contribution >= 4 is 0 Å². The third kappa shape index (κ3) is 4.08. The molecule has 0 N–H and O–H groups in total. The number of halogens is 19. The molecule has 0 nitrogen and oxygen atoms in total. The molecule has 20 heteroatoms. The largest absolute Gasteiger partial charge is 1.00 e. The molecule has 0 saturated heterocycles. The predicted octanol–water partition coefficient (Wildman–Crippen LogP) is 3.43. The Hall–Kier alpha value is 0.306. The van der Waals surface area contributed by atoms with Crippen molar-refractivity contribution in [3.63, 3.8) is 0 Å². The molecular weight excluding hydrogens is 508 g/mol. The summed E-state index contributed by atoms with van der Waals surface area (Å²) in [6, 6.07) is 0. The van der Waals surface area contributed by atoms with Gasteiger partial charge >= 0.3 is 93.1 Å².